The maximum Gasteiger partial charge on any atom is 0.330 e. The van der Waals surface area contributed by atoms with Gasteiger partial charge in [0.25, 0.3) is 5.56 Å². The van der Waals surface area contributed by atoms with Crippen molar-refractivity contribution in [1.29, 1.82) is 0 Å². The van der Waals surface area contributed by atoms with Crippen molar-refractivity contribution < 1.29 is 34.6 Å². The maximum atomic E-state index is 12.0. The molecule has 30 heavy (non-hydrogen) atoms. The lowest BCUT2D eigenvalue weighted by Crippen LogP contribution is -2.58. The van der Waals surface area contributed by atoms with Gasteiger partial charge in [-0.1, -0.05) is 5.11 Å². The summed E-state index contributed by atoms with van der Waals surface area (Å²) in [5.74, 6) is 0. The van der Waals surface area contributed by atoms with Crippen LogP contribution in [0.3, 0.4) is 0 Å². The van der Waals surface area contributed by atoms with E-state index >= 15 is 0 Å². The molecule has 3 heterocycles. The lowest BCUT2D eigenvalue weighted by atomic mass is 9.98. The molecule has 14 nitrogen and oxygen atoms in total. The Bertz CT molecular complexity index is 913. The molecule has 166 valence electrons. The van der Waals surface area contributed by atoms with Crippen molar-refractivity contribution >= 4 is 0 Å². The van der Waals surface area contributed by atoms with Crippen molar-refractivity contribution in [2.75, 3.05) is 13.2 Å². The number of aliphatic hydroxyl groups is 4. The van der Waals surface area contributed by atoms with Gasteiger partial charge in [0.1, 0.15) is 30.6 Å². The van der Waals surface area contributed by atoms with E-state index in [1.807, 2.05) is 0 Å². The fourth-order valence-electron chi connectivity index (χ4n) is 3.41. The molecule has 0 radical (unpaired) electrons. The molecule has 2 fully saturated rings. The second-order valence-electron chi connectivity index (χ2n) is 7.15. The first kappa shape index (κ1) is 22.4. The largest absolute Gasteiger partial charge is 0.394 e. The van der Waals surface area contributed by atoms with Crippen LogP contribution in [0, 0.1) is 6.92 Å². The highest BCUT2D eigenvalue weighted by molar-refractivity contribution is 5.02. The van der Waals surface area contributed by atoms with Gasteiger partial charge in [0.15, 0.2) is 6.29 Å². The normalized spacial score (nSPS) is 36.4. The number of rotatable bonds is 6. The van der Waals surface area contributed by atoms with Crippen LogP contribution < -0.4 is 11.2 Å². The van der Waals surface area contributed by atoms with Crippen LogP contribution in [0.4, 0.5) is 0 Å². The third-order valence-corrected chi connectivity index (χ3v) is 5.12. The molecule has 0 aromatic carbocycles. The molecule has 0 bridgehead atoms. The van der Waals surface area contributed by atoms with E-state index in [4.69, 9.17) is 19.7 Å². The number of ether oxygens (including phenoxy) is 3. The van der Waals surface area contributed by atoms with Gasteiger partial charge in [-0.05, 0) is 12.5 Å². The minimum Gasteiger partial charge on any atom is -0.394 e. The molecule has 1 aromatic rings. The number of nitrogens with one attached hydrogen (secondary N) is 1. The third-order valence-electron chi connectivity index (χ3n) is 5.12. The van der Waals surface area contributed by atoms with E-state index in [9.17, 15) is 30.0 Å². The maximum absolute atomic E-state index is 12.0. The average Bonchev–Trinajstić information content (AvgIpc) is 3.08. The predicted octanol–water partition coefficient (Wildman–Crippen LogP) is -2.37. The van der Waals surface area contributed by atoms with Crippen LogP contribution in [0.15, 0.2) is 20.9 Å². The summed E-state index contributed by atoms with van der Waals surface area (Å²) in [7, 11) is 0. The highest BCUT2D eigenvalue weighted by Crippen LogP contribution is 2.30. The van der Waals surface area contributed by atoms with Crippen LogP contribution in [0.5, 0.6) is 0 Å². The molecule has 2 aliphatic rings. The van der Waals surface area contributed by atoms with Crippen LogP contribution >= 0.6 is 0 Å². The Kier molecular flexibility index (Phi) is 6.90. The number of aliphatic hydroxyl groups excluding tert-OH is 4. The number of aromatic amines is 1. The summed E-state index contributed by atoms with van der Waals surface area (Å²) >= 11 is 0. The number of hydrogen-bond donors (Lipinski definition) is 5. The van der Waals surface area contributed by atoms with E-state index in [0.717, 1.165) is 4.57 Å². The van der Waals surface area contributed by atoms with Gasteiger partial charge in [-0.25, -0.2) is 4.79 Å². The second kappa shape index (κ2) is 9.24. The Morgan fingerprint density at radius 1 is 1.30 bits per heavy atom. The summed E-state index contributed by atoms with van der Waals surface area (Å²) in [4.78, 5) is 28.3. The number of azide groups is 1. The molecule has 8 atom stereocenters. The van der Waals surface area contributed by atoms with Crippen molar-refractivity contribution in [1.82, 2.24) is 9.55 Å². The Balaban J connectivity index is 1.69. The van der Waals surface area contributed by atoms with Crippen LogP contribution in [0.25, 0.3) is 10.4 Å². The molecular formula is C16H23N5O9. The molecule has 1 aromatic heterocycles. The van der Waals surface area contributed by atoms with Gasteiger partial charge >= 0.3 is 5.69 Å². The van der Waals surface area contributed by atoms with Crippen LogP contribution in [-0.2, 0) is 14.2 Å². The number of H-pyrrole nitrogens is 1. The molecule has 0 aliphatic carbocycles. The zero-order chi connectivity index (χ0) is 22.0. The van der Waals surface area contributed by atoms with E-state index in [1.165, 1.54) is 13.1 Å². The monoisotopic (exact) mass is 429 g/mol. The van der Waals surface area contributed by atoms with Gasteiger partial charge in [0.05, 0.1) is 25.4 Å². The first-order valence-corrected chi connectivity index (χ1v) is 9.20. The SMILES string of the molecule is Cc1cn([C@H]2C[C@H](O)[C@@H](CO[C@H]3O[C@H](CO)[C@@H](O)[C@H](O)[C@@H]3N=[N+]=[N-])O2)c(=O)[nH]c1=O. The van der Waals surface area contributed by atoms with Crippen molar-refractivity contribution in [3.05, 3.63) is 43.0 Å². The molecule has 0 spiro atoms. The summed E-state index contributed by atoms with van der Waals surface area (Å²) in [6, 6.07) is -1.30. The molecule has 2 saturated heterocycles. The van der Waals surface area contributed by atoms with Crippen molar-refractivity contribution in [2.24, 2.45) is 5.11 Å². The highest BCUT2D eigenvalue weighted by atomic mass is 16.7. The van der Waals surface area contributed by atoms with Gasteiger partial charge in [-0.3, -0.25) is 14.3 Å². The van der Waals surface area contributed by atoms with E-state index in [0.29, 0.717) is 5.56 Å². The molecule has 0 unspecified atom stereocenters. The second-order valence-corrected chi connectivity index (χ2v) is 7.15. The molecule has 3 rings (SSSR count). The summed E-state index contributed by atoms with van der Waals surface area (Å²) in [5, 5.41) is 43.0. The first-order chi connectivity index (χ1) is 14.3. The predicted molar refractivity (Wildman–Crippen MR) is 97.2 cm³/mol. The van der Waals surface area contributed by atoms with Gasteiger partial charge < -0.3 is 34.6 Å². The third kappa shape index (κ3) is 4.40. The fraction of sp³-hybridized carbons (Fsp3) is 0.750. The lowest BCUT2D eigenvalue weighted by molar-refractivity contribution is -0.272. The van der Waals surface area contributed by atoms with Crippen LogP contribution in [-0.4, -0.2) is 86.0 Å². The fourth-order valence-corrected chi connectivity index (χ4v) is 3.41. The number of nitrogens with zero attached hydrogens (tertiary/aromatic N) is 4. The van der Waals surface area contributed by atoms with Gasteiger partial charge in [-0.15, -0.1) is 0 Å². The zero-order valence-corrected chi connectivity index (χ0v) is 15.9. The van der Waals surface area contributed by atoms with E-state index in [2.05, 4.69) is 15.0 Å². The Morgan fingerprint density at radius 3 is 2.70 bits per heavy atom. The zero-order valence-electron chi connectivity index (χ0n) is 15.9. The molecule has 14 heteroatoms. The number of hydrogen-bond acceptors (Lipinski definition) is 10. The lowest BCUT2D eigenvalue weighted by Gasteiger charge is -2.40. The molecule has 5 N–H and O–H groups in total. The van der Waals surface area contributed by atoms with Gasteiger partial charge in [0, 0.05) is 23.1 Å². The average molecular weight is 429 g/mol. The summed E-state index contributed by atoms with van der Waals surface area (Å²) in [6.07, 6.45) is -6.92. The highest BCUT2D eigenvalue weighted by Gasteiger charge is 2.45. The van der Waals surface area contributed by atoms with Crippen LogP contribution in [0.2, 0.25) is 0 Å². The Morgan fingerprint density at radius 2 is 2.03 bits per heavy atom. The quantitative estimate of drug-likeness (QED) is 0.185. The molecule has 0 saturated carbocycles. The minimum absolute atomic E-state index is 0.0469. The van der Waals surface area contributed by atoms with E-state index < -0.39 is 66.9 Å². The number of aryl methyl sites for hydroxylation is 1. The van der Waals surface area contributed by atoms with Crippen molar-refractivity contribution in [2.45, 2.75) is 62.4 Å². The minimum atomic E-state index is -1.54. The molecule has 2 aliphatic heterocycles. The standard InChI is InChI=1S/C16H23N5O9/c1-6-3-21(16(27)18-14(6)26)10-2-7(23)9(29-10)5-28-15-11(19-20-17)13(25)12(24)8(4-22)30-15/h3,7-13,15,22-25H,2,4-5H2,1H3,(H,18,26,27)/t7-,8+,9+,10+,11-,12+,13+,15-/m0/s1. The molecular weight excluding hydrogens is 406 g/mol. The first-order valence-electron chi connectivity index (χ1n) is 9.20. The summed E-state index contributed by atoms with van der Waals surface area (Å²) in [5.41, 5.74) is 7.78. The van der Waals surface area contributed by atoms with Gasteiger partial charge in [-0.2, -0.15) is 0 Å². The topological polar surface area (TPSA) is 212 Å². The van der Waals surface area contributed by atoms with E-state index in [-0.39, 0.29) is 13.0 Å². The van der Waals surface area contributed by atoms with Gasteiger partial charge in [0.2, 0.25) is 0 Å². The Hall–Kier alpha value is -2.29. The summed E-state index contributed by atoms with van der Waals surface area (Å²) in [6.45, 7) is 0.645. The Labute approximate surface area is 168 Å². The van der Waals surface area contributed by atoms with Crippen LogP contribution in [0.1, 0.15) is 18.2 Å². The smallest absolute Gasteiger partial charge is 0.330 e. The number of aromatic nitrogens is 2. The van der Waals surface area contributed by atoms with Crippen molar-refractivity contribution in [3.8, 4) is 0 Å². The molecule has 0 amide bonds. The summed E-state index contributed by atoms with van der Waals surface area (Å²) < 4.78 is 17.7. The van der Waals surface area contributed by atoms with Crippen molar-refractivity contribution in [3.63, 3.8) is 0 Å². The van der Waals surface area contributed by atoms with E-state index in [1.54, 1.807) is 0 Å².